The first-order valence-electron chi connectivity index (χ1n) is 6.90. The van der Waals surface area contributed by atoms with Crippen molar-refractivity contribution in [1.82, 2.24) is 5.32 Å². The lowest BCUT2D eigenvalue weighted by molar-refractivity contribution is -0.00199. The van der Waals surface area contributed by atoms with Gasteiger partial charge in [-0.3, -0.25) is 0 Å². The van der Waals surface area contributed by atoms with Crippen molar-refractivity contribution in [3.05, 3.63) is 35.9 Å². The molecule has 0 amide bonds. The molecule has 0 aliphatic heterocycles. The molecule has 0 saturated heterocycles. The topological polar surface area (TPSA) is 61.7 Å². The Labute approximate surface area is 115 Å². The molecule has 0 bridgehead atoms. The molecular formula is C15H25NO3. The summed E-state index contributed by atoms with van der Waals surface area (Å²) in [7, 11) is 0. The van der Waals surface area contributed by atoms with E-state index in [2.05, 4.69) is 5.32 Å². The van der Waals surface area contributed by atoms with Gasteiger partial charge >= 0.3 is 0 Å². The molecule has 1 rings (SSSR count). The third-order valence-corrected chi connectivity index (χ3v) is 2.95. The zero-order valence-electron chi connectivity index (χ0n) is 11.6. The Balaban J connectivity index is 2.11. The van der Waals surface area contributed by atoms with Crippen molar-refractivity contribution in [2.45, 2.75) is 32.0 Å². The highest BCUT2D eigenvalue weighted by Crippen LogP contribution is 2.15. The smallest absolute Gasteiger partial charge is 0.0897 e. The summed E-state index contributed by atoms with van der Waals surface area (Å²) in [4.78, 5) is 0. The molecule has 0 aromatic heterocycles. The number of ether oxygens (including phenoxy) is 1. The van der Waals surface area contributed by atoms with Crippen molar-refractivity contribution in [2.75, 3.05) is 26.3 Å². The maximum Gasteiger partial charge on any atom is 0.0897 e. The lowest BCUT2D eigenvalue weighted by Crippen LogP contribution is -2.31. The molecule has 1 aromatic rings. The molecule has 1 aromatic carbocycles. The van der Waals surface area contributed by atoms with E-state index in [-0.39, 0.29) is 12.7 Å². The van der Waals surface area contributed by atoms with Crippen LogP contribution in [0.25, 0.3) is 0 Å². The minimum Gasteiger partial charge on any atom is -0.396 e. The van der Waals surface area contributed by atoms with Gasteiger partial charge in [0.25, 0.3) is 0 Å². The molecule has 2 unspecified atom stereocenters. The number of rotatable bonds is 10. The Morgan fingerprint density at radius 3 is 2.63 bits per heavy atom. The van der Waals surface area contributed by atoms with Crippen LogP contribution >= 0.6 is 0 Å². The molecule has 0 spiro atoms. The van der Waals surface area contributed by atoms with Crippen LogP contribution in [0.5, 0.6) is 0 Å². The third-order valence-electron chi connectivity index (χ3n) is 2.95. The van der Waals surface area contributed by atoms with Crippen LogP contribution in [0.3, 0.4) is 0 Å². The van der Waals surface area contributed by atoms with Gasteiger partial charge in [-0.25, -0.2) is 0 Å². The molecule has 108 valence electrons. The highest BCUT2D eigenvalue weighted by Gasteiger charge is 2.09. The zero-order valence-corrected chi connectivity index (χ0v) is 11.6. The minimum atomic E-state index is -0.500. The molecule has 4 heteroatoms. The van der Waals surface area contributed by atoms with Crippen LogP contribution in [0.15, 0.2) is 30.3 Å². The van der Waals surface area contributed by atoms with Gasteiger partial charge < -0.3 is 20.3 Å². The monoisotopic (exact) mass is 267 g/mol. The van der Waals surface area contributed by atoms with Crippen LogP contribution < -0.4 is 5.32 Å². The molecule has 3 N–H and O–H groups in total. The van der Waals surface area contributed by atoms with Gasteiger partial charge in [0.1, 0.15) is 0 Å². The number of nitrogens with one attached hydrogen (secondary N) is 1. The van der Waals surface area contributed by atoms with E-state index in [0.717, 1.165) is 24.9 Å². The summed E-state index contributed by atoms with van der Waals surface area (Å²) in [5.74, 6) is 0. The maximum atomic E-state index is 9.76. The summed E-state index contributed by atoms with van der Waals surface area (Å²) >= 11 is 0. The van der Waals surface area contributed by atoms with E-state index in [1.54, 1.807) is 0 Å². The van der Waals surface area contributed by atoms with Crippen LogP contribution in [-0.4, -0.2) is 42.6 Å². The van der Waals surface area contributed by atoms with E-state index in [9.17, 15) is 5.11 Å². The predicted molar refractivity (Wildman–Crippen MR) is 76.0 cm³/mol. The van der Waals surface area contributed by atoms with Gasteiger partial charge in [-0.2, -0.15) is 0 Å². The van der Waals surface area contributed by atoms with Crippen molar-refractivity contribution < 1.29 is 14.9 Å². The Bertz CT molecular complexity index is 318. The first-order chi connectivity index (χ1) is 9.24. The molecule has 0 fully saturated rings. The number of aliphatic hydroxyl groups is 2. The SMILES string of the molecule is CC(OCC(O)CNCCCCO)c1ccccc1. The molecular weight excluding hydrogens is 242 g/mol. The van der Waals surface area contributed by atoms with Crippen molar-refractivity contribution in [1.29, 1.82) is 0 Å². The molecule has 0 aliphatic rings. The molecule has 19 heavy (non-hydrogen) atoms. The van der Waals surface area contributed by atoms with Crippen LogP contribution in [0.1, 0.15) is 31.4 Å². The largest absolute Gasteiger partial charge is 0.396 e. The van der Waals surface area contributed by atoms with Gasteiger partial charge in [-0.05, 0) is 31.9 Å². The first-order valence-corrected chi connectivity index (χ1v) is 6.90. The average Bonchev–Trinajstić information content (AvgIpc) is 2.45. The Kier molecular flexibility index (Phi) is 8.41. The van der Waals surface area contributed by atoms with Gasteiger partial charge in [0.15, 0.2) is 0 Å². The summed E-state index contributed by atoms with van der Waals surface area (Å²) in [6.07, 6.45) is 1.21. The van der Waals surface area contributed by atoms with E-state index in [1.807, 2.05) is 37.3 Å². The summed E-state index contributed by atoms with van der Waals surface area (Å²) in [5.41, 5.74) is 1.12. The fourth-order valence-corrected chi connectivity index (χ4v) is 1.77. The van der Waals surface area contributed by atoms with Crippen molar-refractivity contribution in [3.63, 3.8) is 0 Å². The van der Waals surface area contributed by atoms with E-state index >= 15 is 0 Å². The predicted octanol–water partition coefficient (Wildman–Crippen LogP) is 1.49. The normalized spacial score (nSPS) is 14.3. The molecule has 4 nitrogen and oxygen atoms in total. The Hall–Kier alpha value is -0.940. The summed E-state index contributed by atoms with van der Waals surface area (Å²) in [5, 5.41) is 21.5. The summed E-state index contributed by atoms with van der Waals surface area (Å²) < 4.78 is 5.64. The van der Waals surface area contributed by atoms with E-state index < -0.39 is 6.10 Å². The summed E-state index contributed by atoms with van der Waals surface area (Å²) in [6.45, 7) is 3.86. The van der Waals surface area contributed by atoms with Gasteiger partial charge in [-0.1, -0.05) is 30.3 Å². The van der Waals surface area contributed by atoms with Crippen molar-refractivity contribution in [2.24, 2.45) is 0 Å². The number of hydrogen-bond acceptors (Lipinski definition) is 4. The number of hydrogen-bond donors (Lipinski definition) is 3. The third kappa shape index (κ3) is 7.28. The molecule has 2 atom stereocenters. The highest BCUT2D eigenvalue weighted by molar-refractivity contribution is 5.16. The van der Waals surface area contributed by atoms with Crippen LogP contribution in [0, 0.1) is 0 Å². The highest BCUT2D eigenvalue weighted by atomic mass is 16.5. The molecule has 0 saturated carbocycles. The standard InChI is InChI=1S/C15H25NO3/c1-13(14-7-3-2-4-8-14)19-12-15(18)11-16-9-5-6-10-17/h2-4,7-8,13,15-18H,5-6,9-12H2,1H3. The first kappa shape index (κ1) is 16.1. The molecule has 0 aliphatic carbocycles. The average molecular weight is 267 g/mol. The number of aliphatic hydroxyl groups excluding tert-OH is 2. The quantitative estimate of drug-likeness (QED) is 0.562. The fourth-order valence-electron chi connectivity index (χ4n) is 1.77. The van der Waals surface area contributed by atoms with Gasteiger partial charge in [0, 0.05) is 13.2 Å². The number of unbranched alkanes of at least 4 members (excludes halogenated alkanes) is 1. The Morgan fingerprint density at radius 2 is 1.95 bits per heavy atom. The lowest BCUT2D eigenvalue weighted by Gasteiger charge is -2.17. The van der Waals surface area contributed by atoms with E-state index in [0.29, 0.717) is 13.2 Å². The fraction of sp³-hybridized carbons (Fsp3) is 0.600. The second kappa shape index (κ2) is 9.92. The van der Waals surface area contributed by atoms with Crippen LogP contribution in [0.2, 0.25) is 0 Å². The van der Waals surface area contributed by atoms with Gasteiger partial charge in [-0.15, -0.1) is 0 Å². The van der Waals surface area contributed by atoms with Gasteiger partial charge in [0.2, 0.25) is 0 Å². The maximum absolute atomic E-state index is 9.76. The lowest BCUT2D eigenvalue weighted by atomic mass is 10.1. The zero-order chi connectivity index (χ0) is 13.9. The van der Waals surface area contributed by atoms with Gasteiger partial charge in [0.05, 0.1) is 18.8 Å². The van der Waals surface area contributed by atoms with Crippen molar-refractivity contribution >= 4 is 0 Å². The molecule has 0 radical (unpaired) electrons. The molecule has 0 heterocycles. The van der Waals surface area contributed by atoms with Crippen LogP contribution in [-0.2, 0) is 4.74 Å². The second-order valence-electron chi connectivity index (χ2n) is 4.67. The van der Waals surface area contributed by atoms with E-state index in [4.69, 9.17) is 9.84 Å². The minimum absolute atomic E-state index is 0.00904. The number of benzene rings is 1. The van der Waals surface area contributed by atoms with Crippen LogP contribution in [0.4, 0.5) is 0 Å². The summed E-state index contributed by atoms with van der Waals surface area (Å²) in [6, 6.07) is 9.97. The van der Waals surface area contributed by atoms with Crippen molar-refractivity contribution in [3.8, 4) is 0 Å². The second-order valence-corrected chi connectivity index (χ2v) is 4.67. The van der Waals surface area contributed by atoms with E-state index in [1.165, 1.54) is 0 Å². The Morgan fingerprint density at radius 1 is 1.21 bits per heavy atom.